The van der Waals surface area contributed by atoms with Gasteiger partial charge in [0.2, 0.25) is 10.0 Å². The molecule has 0 amide bonds. The molecular weight excluding hydrogens is 439 g/mol. The van der Waals surface area contributed by atoms with Crippen LogP contribution in [0, 0.1) is 0 Å². The molecule has 0 saturated heterocycles. The van der Waals surface area contributed by atoms with Gasteiger partial charge in [0.1, 0.15) is 0 Å². The zero-order chi connectivity index (χ0) is 17.3. The molecule has 0 spiro atoms. The van der Waals surface area contributed by atoms with E-state index in [4.69, 9.17) is 5.73 Å². The summed E-state index contributed by atoms with van der Waals surface area (Å²) in [5.41, 5.74) is 6.73. The van der Waals surface area contributed by atoms with E-state index in [0.717, 1.165) is 18.5 Å². The maximum absolute atomic E-state index is 12.0. The van der Waals surface area contributed by atoms with E-state index in [1.165, 1.54) is 37.7 Å². The van der Waals surface area contributed by atoms with Gasteiger partial charge in [0, 0.05) is 20.6 Å². The maximum atomic E-state index is 12.0. The van der Waals surface area contributed by atoms with E-state index in [9.17, 15) is 8.42 Å². The standard InChI is InChI=1S/C16H28N4O2S.HI/c1-4-5-6-7-12-18-16(17)19-13-14-8-10-15(11-9-14)23(21,22)20(2)3;/h8-11H,4-7,12-13H2,1-3H3,(H3,17,18,19);1H. The molecule has 1 rings (SSSR count). The minimum Gasteiger partial charge on any atom is -0.370 e. The third-order valence-corrected chi connectivity index (χ3v) is 5.30. The molecule has 0 aromatic heterocycles. The average molecular weight is 468 g/mol. The van der Waals surface area contributed by atoms with Gasteiger partial charge in [-0.15, -0.1) is 24.0 Å². The van der Waals surface area contributed by atoms with Crippen LogP contribution in [0.5, 0.6) is 0 Å². The highest BCUT2D eigenvalue weighted by Gasteiger charge is 2.16. The summed E-state index contributed by atoms with van der Waals surface area (Å²) in [5.74, 6) is 0.423. The molecule has 1 aromatic rings. The lowest BCUT2D eigenvalue weighted by molar-refractivity contribution is 0.520. The van der Waals surface area contributed by atoms with Crippen LogP contribution in [0.25, 0.3) is 0 Å². The van der Waals surface area contributed by atoms with Crippen LogP contribution >= 0.6 is 24.0 Å². The fourth-order valence-electron chi connectivity index (χ4n) is 1.98. The van der Waals surface area contributed by atoms with Gasteiger partial charge in [-0.25, -0.2) is 17.7 Å². The van der Waals surface area contributed by atoms with Crippen LogP contribution in [0.2, 0.25) is 0 Å². The molecule has 0 aliphatic carbocycles. The lowest BCUT2D eigenvalue weighted by Gasteiger charge is -2.11. The summed E-state index contributed by atoms with van der Waals surface area (Å²) in [6, 6.07) is 6.70. The Hall–Kier alpha value is -0.870. The molecule has 0 fully saturated rings. The Balaban J connectivity index is 0.00000529. The summed E-state index contributed by atoms with van der Waals surface area (Å²) in [4.78, 5) is 4.54. The Kier molecular flexibility index (Phi) is 11.2. The van der Waals surface area contributed by atoms with Gasteiger partial charge in [0.25, 0.3) is 0 Å². The molecule has 0 heterocycles. The van der Waals surface area contributed by atoms with Gasteiger partial charge < -0.3 is 11.1 Å². The number of nitrogens with two attached hydrogens (primary N) is 1. The molecule has 0 aliphatic heterocycles. The summed E-state index contributed by atoms with van der Waals surface area (Å²) in [7, 11) is -0.356. The van der Waals surface area contributed by atoms with Crippen LogP contribution in [-0.2, 0) is 16.6 Å². The van der Waals surface area contributed by atoms with Crippen LogP contribution in [0.4, 0.5) is 0 Å². The zero-order valence-corrected chi connectivity index (χ0v) is 17.8. The van der Waals surface area contributed by atoms with E-state index in [2.05, 4.69) is 17.2 Å². The Labute approximate surface area is 163 Å². The van der Waals surface area contributed by atoms with Gasteiger partial charge in [-0.05, 0) is 24.1 Å². The molecule has 3 N–H and O–H groups in total. The molecular formula is C16H29IN4O2S. The number of hydrogen-bond donors (Lipinski definition) is 2. The molecule has 138 valence electrons. The highest BCUT2D eigenvalue weighted by atomic mass is 127. The van der Waals surface area contributed by atoms with Crippen molar-refractivity contribution in [1.29, 1.82) is 0 Å². The van der Waals surface area contributed by atoms with Gasteiger partial charge in [0.05, 0.1) is 11.4 Å². The third kappa shape index (κ3) is 7.80. The quantitative estimate of drug-likeness (QED) is 0.252. The normalized spacial score (nSPS) is 12.1. The summed E-state index contributed by atoms with van der Waals surface area (Å²) in [5, 5.41) is 3.09. The number of benzene rings is 1. The van der Waals surface area contributed by atoms with Crippen LogP contribution in [0.15, 0.2) is 34.2 Å². The molecule has 8 heteroatoms. The molecule has 24 heavy (non-hydrogen) atoms. The zero-order valence-electron chi connectivity index (χ0n) is 14.7. The second-order valence-corrected chi connectivity index (χ2v) is 7.77. The fourth-order valence-corrected chi connectivity index (χ4v) is 2.88. The van der Waals surface area contributed by atoms with E-state index in [-0.39, 0.29) is 28.9 Å². The van der Waals surface area contributed by atoms with E-state index in [1.807, 2.05) is 0 Å². The highest BCUT2D eigenvalue weighted by Crippen LogP contribution is 2.14. The largest absolute Gasteiger partial charge is 0.370 e. The summed E-state index contributed by atoms with van der Waals surface area (Å²) in [6.45, 7) is 3.43. The predicted molar refractivity (Wildman–Crippen MR) is 110 cm³/mol. The highest BCUT2D eigenvalue weighted by molar-refractivity contribution is 14.0. The van der Waals surface area contributed by atoms with Crippen molar-refractivity contribution in [3.8, 4) is 0 Å². The number of nitrogens with one attached hydrogen (secondary N) is 1. The second kappa shape index (κ2) is 11.6. The number of rotatable bonds is 9. The first-order valence-electron chi connectivity index (χ1n) is 7.93. The first-order chi connectivity index (χ1) is 10.9. The Morgan fingerprint density at radius 1 is 1.17 bits per heavy atom. The van der Waals surface area contributed by atoms with Gasteiger partial charge >= 0.3 is 0 Å². The molecule has 1 aromatic carbocycles. The van der Waals surface area contributed by atoms with Gasteiger partial charge in [-0.1, -0.05) is 38.3 Å². The van der Waals surface area contributed by atoms with Gasteiger partial charge in [0.15, 0.2) is 5.96 Å². The lowest BCUT2D eigenvalue weighted by Crippen LogP contribution is -2.32. The van der Waals surface area contributed by atoms with Crippen molar-refractivity contribution in [3.63, 3.8) is 0 Å². The number of halogens is 1. The van der Waals surface area contributed by atoms with E-state index >= 15 is 0 Å². The maximum Gasteiger partial charge on any atom is 0.242 e. The van der Waals surface area contributed by atoms with Crippen molar-refractivity contribution in [1.82, 2.24) is 9.62 Å². The molecule has 6 nitrogen and oxygen atoms in total. The fraction of sp³-hybridized carbons (Fsp3) is 0.562. The van der Waals surface area contributed by atoms with Gasteiger partial charge in [-0.3, -0.25) is 0 Å². The summed E-state index contributed by atoms with van der Waals surface area (Å²) < 4.78 is 25.1. The molecule has 0 bridgehead atoms. The van der Waals surface area contributed by atoms with Crippen molar-refractivity contribution in [2.75, 3.05) is 20.6 Å². The average Bonchev–Trinajstić information content (AvgIpc) is 2.53. The summed E-state index contributed by atoms with van der Waals surface area (Å²) in [6.07, 6.45) is 4.73. The first kappa shape index (κ1) is 23.1. The number of sulfonamides is 1. The van der Waals surface area contributed by atoms with Crippen LogP contribution in [0.3, 0.4) is 0 Å². The van der Waals surface area contributed by atoms with E-state index in [0.29, 0.717) is 12.5 Å². The van der Waals surface area contributed by atoms with Crippen LogP contribution in [-0.4, -0.2) is 39.3 Å². The van der Waals surface area contributed by atoms with Crippen molar-refractivity contribution in [2.24, 2.45) is 10.7 Å². The Morgan fingerprint density at radius 2 is 1.79 bits per heavy atom. The smallest absolute Gasteiger partial charge is 0.242 e. The molecule has 0 unspecified atom stereocenters. The Bertz CT molecular complexity index is 601. The monoisotopic (exact) mass is 468 g/mol. The first-order valence-corrected chi connectivity index (χ1v) is 9.37. The third-order valence-electron chi connectivity index (χ3n) is 3.47. The summed E-state index contributed by atoms with van der Waals surface area (Å²) >= 11 is 0. The number of guanidine groups is 1. The lowest BCUT2D eigenvalue weighted by atomic mass is 10.2. The van der Waals surface area contributed by atoms with Crippen LogP contribution in [0.1, 0.15) is 38.2 Å². The minimum atomic E-state index is -3.38. The number of nitrogens with zero attached hydrogens (tertiary/aromatic N) is 2. The predicted octanol–water partition coefficient (Wildman–Crippen LogP) is 2.54. The molecule has 0 radical (unpaired) electrons. The topological polar surface area (TPSA) is 87.8 Å². The Morgan fingerprint density at radius 3 is 2.33 bits per heavy atom. The van der Waals surface area contributed by atoms with Crippen molar-refractivity contribution < 1.29 is 8.42 Å². The number of unbranched alkanes of at least 4 members (excludes halogenated alkanes) is 3. The van der Waals surface area contributed by atoms with Crippen molar-refractivity contribution in [2.45, 2.75) is 44.0 Å². The van der Waals surface area contributed by atoms with Gasteiger partial charge in [-0.2, -0.15) is 0 Å². The van der Waals surface area contributed by atoms with Crippen molar-refractivity contribution in [3.05, 3.63) is 29.8 Å². The molecule has 0 atom stereocenters. The minimum absolute atomic E-state index is 0. The van der Waals surface area contributed by atoms with Crippen LogP contribution < -0.4 is 11.1 Å². The number of aliphatic imine (C=N–C) groups is 1. The number of hydrogen-bond acceptors (Lipinski definition) is 3. The van der Waals surface area contributed by atoms with Crippen molar-refractivity contribution >= 4 is 40.0 Å². The molecule has 0 saturated carbocycles. The second-order valence-electron chi connectivity index (χ2n) is 5.62. The van der Waals surface area contributed by atoms with E-state index in [1.54, 1.807) is 24.3 Å². The molecule has 0 aliphatic rings. The SMILES string of the molecule is CCCCCCNC(N)=NCc1ccc(S(=O)(=O)N(C)C)cc1.I. The van der Waals surface area contributed by atoms with E-state index < -0.39 is 10.0 Å².